The van der Waals surface area contributed by atoms with Crippen molar-refractivity contribution in [3.05, 3.63) is 59.7 Å². The SMILES string of the molecule is Cc1cccc(NC(=O)CSc2ccc(CO)cc2)c1. The lowest BCUT2D eigenvalue weighted by molar-refractivity contribution is -0.113. The molecule has 3 nitrogen and oxygen atoms in total. The number of benzene rings is 2. The van der Waals surface area contributed by atoms with Crippen LogP contribution in [0, 0.1) is 6.92 Å². The van der Waals surface area contributed by atoms with E-state index < -0.39 is 0 Å². The van der Waals surface area contributed by atoms with Gasteiger partial charge in [-0.1, -0.05) is 24.3 Å². The van der Waals surface area contributed by atoms with Crippen molar-refractivity contribution in [1.29, 1.82) is 0 Å². The Balaban J connectivity index is 1.85. The van der Waals surface area contributed by atoms with Gasteiger partial charge in [-0.15, -0.1) is 11.8 Å². The highest BCUT2D eigenvalue weighted by molar-refractivity contribution is 8.00. The van der Waals surface area contributed by atoms with Gasteiger partial charge in [-0.25, -0.2) is 0 Å². The highest BCUT2D eigenvalue weighted by Gasteiger charge is 2.04. The average molecular weight is 287 g/mol. The lowest BCUT2D eigenvalue weighted by atomic mass is 10.2. The van der Waals surface area contributed by atoms with Gasteiger partial charge in [0.2, 0.25) is 5.91 Å². The first-order valence-electron chi connectivity index (χ1n) is 6.36. The lowest BCUT2D eigenvalue weighted by Crippen LogP contribution is -2.13. The fraction of sp³-hybridized carbons (Fsp3) is 0.188. The van der Waals surface area contributed by atoms with Gasteiger partial charge in [-0.05, 0) is 42.3 Å². The van der Waals surface area contributed by atoms with Crippen molar-refractivity contribution in [2.75, 3.05) is 11.1 Å². The van der Waals surface area contributed by atoms with Gasteiger partial charge in [0.15, 0.2) is 0 Å². The topological polar surface area (TPSA) is 49.3 Å². The largest absolute Gasteiger partial charge is 0.392 e. The van der Waals surface area contributed by atoms with Crippen molar-refractivity contribution in [3.63, 3.8) is 0 Å². The Bertz CT molecular complexity index is 581. The van der Waals surface area contributed by atoms with E-state index in [-0.39, 0.29) is 12.5 Å². The number of anilines is 1. The van der Waals surface area contributed by atoms with Gasteiger partial charge in [0.25, 0.3) is 0 Å². The van der Waals surface area contributed by atoms with Crippen molar-refractivity contribution in [2.45, 2.75) is 18.4 Å². The Morgan fingerprint density at radius 3 is 2.60 bits per heavy atom. The zero-order chi connectivity index (χ0) is 14.4. The molecule has 0 spiro atoms. The highest BCUT2D eigenvalue weighted by Crippen LogP contribution is 2.19. The van der Waals surface area contributed by atoms with Gasteiger partial charge in [0, 0.05) is 10.6 Å². The number of aryl methyl sites for hydroxylation is 1. The van der Waals surface area contributed by atoms with E-state index >= 15 is 0 Å². The van der Waals surface area contributed by atoms with Crippen LogP contribution in [-0.2, 0) is 11.4 Å². The quantitative estimate of drug-likeness (QED) is 0.830. The van der Waals surface area contributed by atoms with E-state index in [1.165, 1.54) is 11.8 Å². The molecular weight excluding hydrogens is 270 g/mol. The molecule has 0 saturated heterocycles. The first kappa shape index (κ1) is 14.6. The van der Waals surface area contributed by atoms with E-state index in [0.29, 0.717) is 5.75 Å². The lowest BCUT2D eigenvalue weighted by Gasteiger charge is -2.06. The maximum absolute atomic E-state index is 11.8. The van der Waals surface area contributed by atoms with Crippen LogP contribution in [0.15, 0.2) is 53.4 Å². The summed E-state index contributed by atoms with van der Waals surface area (Å²) in [6.45, 7) is 2.03. The standard InChI is InChI=1S/C16H17NO2S/c1-12-3-2-4-14(9-12)17-16(19)11-20-15-7-5-13(10-18)6-8-15/h2-9,18H,10-11H2,1H3,(H,17,19). The Morgan fingerprint density at radius 1 is 1.20 bits per heavy atom. The number of thioether (sulfide) groups is 1. The van der Waals surface area contributed by atoms with Crippen LogP contribution in [0.4, 0.5) is 5.69 Å². The molecule has 0 heterocycles. The summed E-state index contributed by atoms with van der Waals surface area (Å²) >= 11 is 1.48. The molecule has 0 unspecified atom stereocenters. The van der Waals surface area contributed by atoms with E-state index in [4.69, 9.17) is 5.11 Å². The molecule has 2 aromatic carbocycles. The first-order chi connectivity index (χ1) is 9.67. The van der Waals surface area contributed by atoms with Gasteiger partial charge >= 0.3 is 0 Å². The summed E-state index contributed by atoms with van der Waals surface area (Å²) in [4.78, 5) is 12.9. The predicted octanol–water partition coefficient (Wildman–Crippen LogP) is 3.22. The summed E-state index contributed by atoms with van der Waals surface area (Å²) in [5, 5.41) is 11.8. The summed E-state index contributed by atoms with van der Waals surface area (Å²) in [6.07, 6.45) is 0. The molecule has 2 rings (SSSR count). The number of hydrogen-bond donors (Lipinski definition) is 2. The van der Waals surface area contributed by atoms with Crippen LogP contribution < -0.4 is 5.32 Å². The molecule has 0 aliphatic heterocycles. The number of hydrogen-bond acceptors (Lipinski definition) is 3. The van der Waals surface area contributed by atoms with Crippen LogP contribution in [-0.4, -0.2) is 16.8 Å². The number of carbonyl (C=O) groups excluding carboxylic acids is 1. The Morgan fingerprint density at radius 2 is 1.95 bits per heavy atom. The third kappa shape index (κ3) is 4.40. The van der Waals surface area contributed by atoms with E-state index in [0.717, 1.165) is 21.7 Å². The molecule has 0 radical (unpaired) electrons. The Hall–Kier alpha value is -1.78. The monoisotopic (exact) mass is 287 g/mol. The molecule has 0 aromatic heterocycles. The van der Waals surface area contributed by atoms with E-state index in [9.17, 15) is 4.79 Å². The molecule has 0 aliphatic rings. The zero-order valence-electron chi connectivity index (χ0n) is 11.3. The van der Waals surface area contributed by atoms with Gasteiger partial charge in [-0.3, -0.25) is 4.79 Å². The summed E-state index contributed by atoms with van der Waals surface area (Å²) < 4.78 is 0. The van der Waals surface area contributed by atoms with E-state index in [2.05, 4.69) is 5.32 Å². The van der Waals surface area contributed by atoms with Crippen molar-refractivity contribution in [1.82, 2.24) is 0 Å². The molecule has 0 atom stereocenters. The maximum atomic E-state index is 11.8. The van der Waals surface area contributed by atoms with Gasteiger partial charge in [-0.2, -0.15) is 0 Å². The summed E-state index contributed by atoms with van der Waals surface area (Å²) in [6, 6.07) is 15.3. The maximum Gasteiger partial charge on any atom is 0.234 e. The minimum atomic E-state index is -0.0214. The van der Waals surface area contributed by atoms with Gasteiger partial charge in [0.05, 0.1) is 12.4 Å². The smallest absolute Gasteiger partial charge is 0.234 e. The minimum Gasteiger partial charge on any atom is -0.392 e. The molecule has 0 saturated carbocycles. The molecule has 0 aliphatic carbocycles. The average Bonchev–Trinajstić information content (AvgIpc) is 2.46. The van der Waals surface area contributed by atoms with Crippen LogP contribution in [0.3, 0.4) is 0 Å². The van der Waals surface area contributed by atoms with Crippen molar-refractivity contribution >= 4 is 23.4 Å². The fourth-order valence-electron chi connectivity index (χ4n) is 1.76. The molecule has 4 heteroatoms. The number of nitrogens with one attached hydrogen (secondary N) is 1. The Kier molecular flexibility index (Phi) is 5.21. The molecule has 2 aromatic rings. The van der Waals surface area contributed by atoms with Crippen LogP contribution in [0.5, 0.6) is 0 Å². The predicted molar refractivity (Wildman–Crippen MR) is 82.9 cm³/mol. The minimum absolute atomic E-state index is 0.0214. The van der Waals surface area contributed by atoms with Gasteiger partial charge in [0.1, 0.15) is 0 Å². The fourth-order valence-corrected chi connectivity index (χ4v) is 2.46. The third-order valence-corrected chi connectivity index (χ3v) is 3.79. The van der Waals surface area contributed by atoms with Crippen molar-refractivity contribution in [2.24, 2.45) is 0 Å². The second-order valence-corrected chi connectivity index (χ2v) is 5.56. The van der Waals surface area contributed by atoms with Crippen LogP contribution in [0.2, 0.25) is 0 Å². The number of amides is 1. The number of aliphatic hydroxyl groups is 1. The number of rotatable bonds is 5. The molecule has 0 fully saturated rings. The molecule has 104 valence electrons. The first-order valence-corrected chi connectivity index (χ1v) is 7.35. The van der Waals surface area contributed by atoms with E-state index in [1.54, 1.807) is 0 Å². The van der Waals surface area contributed by atoms with Crippen molar-refractivity contribution < 1.29 is 9.90 Å². The summed E-state index contributed by atoms with van der Waals surface area (Å²) in [5.74, 6) is 0.346. The molecule has 20 heavy (non-hydrogen) atoms. The van der Waals surface area contributed by atoms with Gasteiger partial charge < -0.3 is 10.4 Å². The third-order valence-electron chi connectivity index (χ3n) is 2.78. The molecule has 0 bridgehead atoms. The van der Waals surface area contributed by atoms with E-state index in [1.807, 2.05) is 55.5 Å². The molecular formula is C16H17NO2S. The second-order valence-electron chi connectivity index (χ2n) is 4.51. The van der Waals surface area contributed by atoms with Crippen LogP contribution in [0.25, 0.3) is 0 Å². The normalized spacial score (nSPS) is 10.3. The molecule has 2 N–H and O–H groups in total. The highest BCUT2D eigenvalue weighted by atomic mass is 32.2. The van der Waals surface area contributed by atoms with Crippen LogP contribution >= 0.6 is 11.8 Å². The second kappa shape index (κ2) is 7.12. The molecule has 1 amide bonds. The number of carbonyl (C=O) groups is 1. The van der Waals surface area contributed by atoms with Crippen molar-refractivity contribution in [3.8, 4) is 0 Å². The zero-order valence-corrected chi connectivity index (χ0v) is 12.1. The summed E-state index contributed by atoms with van der Waals surface area (Å²) in [5.41, 5.74) is 2.82. The van der Waals surface area contributed by atoms with Crippen LogP contribution in [0.1, 0.15) is 11.1 Å². The Labute approximate surface area is 123 Å². The number of aliphatic hydroxyl groups excluding tert-OH is 1. The summed E-state index contributed by atoms with van der Waals surface area (Å²) in [7, 11) is 0.